The topological polar surface area (TPSA) is 34.1 Å². The molecule has 0 amide bonds. The van der Waals surface area contributed by atoms with Crippen LogP contribution in [0.15, 0.2) is 41.4 Å². The molecule has 4 rings (SSSR count). The Morgan fingerprint density at radius 3 is 2.46 bits per heavy atom. The van der Waals surface area contributed by atoms with Crippen molar-refractivity contribution in [3.8, 4) is 11.5 Å². The van der Waals surface area contributed by atoms with Crippen LogP contribution < -0.4 is 9.47 Å². The van der Waals surface area contributed by atoms with Crippen molar-refractivity contribution in [1.29, 1.82) is 0 Å². The van der Waals surface area contributed by atoms with E-state index >= 15 is 0 Å². The normalized spacial score (nSPS) is 22.2. The van der Waals surface area contributed by atoms with Gasteiger partial charge in [-0.25, -0.2) is 4.39 Å². The van der Waals surface area contributed by atoms with E-state index in [9.17, 15) is 4.39 Å². The predicted molar refractivity (Wildman–Crippen MR) is 100 cm³/mol. The van der Waals surface area contributed by atoms with Crippen LogP contribution in [-0.2, 0) is 0 Å². The van der Waals surface area contributed by atoms with Crippen molar-refractivity contribution < 1.29 is 13.9 Å². The van der Waals surface area contributed by atoms with Gasteiger partial charge in [-0.1, -0.05) is 0 Å². The van der Waals surface area contributed by atoms with Crippen LogP contribution in [0.1, 0.15) is 29.0 Å². The Labute approximate surface area is 153 Å². The Hall–Kier alpha value is -2.40. The number of ether oxygens (including phenoxy) is 2. The molecule has 0 aliphatic carbocycles. The zero-order valence-electron chi connectivity index (χ0n) is 15.3. The highest BCUT2D eigenvalue weighted by molar-refractivity contribution is 6.15. The molecule has 1 fully saturated rings. The maximum atomic E-state index is 13.4. The molecule has 2 unspecified atom stereocenters. The van der Waals surface area contributed by atoms with Crippen LogP contribution in [0.2, 0.25) is 0 Å². The molecule has 0 aromatic heterocycles. The predicted octanol–water partition coefficient (Wildman–Crippen LogP) is 3.48. The Morgan fingerprint density at radius 2 is 1.77 bits per heavy atom. The molecule has 26 heavy (non-hydrogen) atoms. The second-order valence-corrected chi connectivity index (χ2v) is 7.00. The van der Waals surface area contributed by atoms with Gasteiger partial charge < -0.3 is 14.4 Å². The number of hydrogen-bond donors (Lipinski definition) is 0. The number of aliphatic imine (C=N–C) groups is 1. The quantitative estimate of drug-likeness (QED) is 0.846. The average Bonchev–Trinajstić information content (AvgIpc) is 2.67. The molecule has 2 aliphatic rings. The maximum Gasteiger partial charge on any atom is 0.161 e. The Kier molecular flexibility index (Phi) is 4.41. The van der Waals surface area contributed by atoms with E-state index < -0.39 is 0 Å². The van der Waals surface area contributed by atoms with E-state index in [1.807, 2.05) is 6.07 Å². The Morgan fingerprint density at radius 1 is 1.08 bits per heavy atom. The van der Waals surface area contributed by atoms with Crippen molar-refractivity contribution >= 4 is 5.71 Å². The fourth-order valence-electron chi connectivity index (χ4n) is 4.04. The molecule has 2 heterocycles. The molecule has 2 aromatic rings. The molecule has 2 aromatic carbocycles. The Balaban J connectivity index is 1.89. The zero-order chi connectivity index (χ0) is 18.3. The van der Waals surface area contributed by atoms with Gasteiger partial charge in [0.1, 0.15) is 5.82 Å². The van der Waals surface area contributed by atoms with E-state index in [1.54, 1.807) is 26.4 Å². The lowest BCUT2D eigenvalue weighted by Gasteiger charge is -2.39. The minimum atomic E-state index is -0.241. The summed E-state index contributed by atoms with van der Waals surface area (Å²) >= 11 is 0. The molecule has 2 aliphatic heterocycles. The summed E-state index contributed by atoms with van der Waals surface area (Å²) in [6, 6.07) is 10.9. The van der Waals surface area contributed by atoms with E-state index in [4.69, 9.17) is 14.5 Å². The minimum absolute atomic E-state index is 0.233. The zero-order valence-corrected chi connectivity index (χ0v) is 15.3. The van der Waals surface area contributed by atoms with Crippen molar-refractivity contribution in [1.82, 2.24) is 4.90 Å². The van der Waals surface area contributed by atoms with Gasteiger partial charge in [-0.3, -0.25) is 4.99 Å². The van der Waals surface area contributed by atoms with Gasteiger partial charge in [0.15, 0.2) is 11.5 Å². The summed E-state index contributed by atoms with van der Waals surface area (Å²) in [6.45, 7) is 2.00. The maximum absolute atomic E-state index is 13.4. The molecule has 0 radical (unpaired) electrons. The van der Waals surface area contributed by atoms with Gasteiger partial charge >= 0.3 is 0 Å². The second-order valence-electron chi connectivity index (χ2n) is 7.00. The molecule has 2 atom stereocenters. The van der Waals surface area contributed by atoms with Crippen LogP contribution in [0.5, 0.6) is 11.5 Å². The van der Waals surface area contributed by atoms with E-state index in [1.165, 1.54) is 17.7 Å². The average molecular weight is 354 g/mol. The largest absolute Gasteiger partial charge is 0.493 e. The monoisotopic (exact) mass is 354 g/mol. The molecule has 5 heteroatoms. The summed E-state index contributed by atoms with van der Waals surface area (Å²) in [4.78, 5) is 7.43. The lowest BCUT2D eigenvalue weighted by Crippen LogP contribution is -2.41. The molecule has 0 bridgehead atoms. The van der Waals surface area contributed by atoms with Crippen LogP contribution in [0.25, 0.3) is 0 Å². The molecule has 136 valence electrons. The lowest BCUT2D eigenvalue weighted by molar-refractivity contribution is 0.227. The van der Waals surface area contributed by atoms with Gasteiger partial charge in [0.05, 0.1) is 26.0 Å². The van der Waals surface area contributed by atoms with Crippen LogP contribution in [0, 0.1) is 5.82 Å². The fourth-order valence-corrected chi connectivity index (χ4v) is 4.04. The second kappa shape index (κ2) is 6.72. The molecule has 0 spiro atoms. The van der Waals surface area contributed by atoms with Crippen molar-refractivity contribution in [2.75, 3.05) is 34.4 Å². The third-order valence-electron chi connectivity index (χ3n) is 5.40. The first kappa shape index (κ1) is 17.0. The molecule has 0 saturated carbocycles. The molecule has 4 nitrogen and oxygen atoms in total. The van der Waals surface area contributed by atoms with Gasteiger partial charge in [0.25, 0.3) is 0 Å². The summed E-state index contributed by atoms with van der Waals surface area (Å²) in [5, 5.41) is 0. The Bertz CT molecular complexity index is 848. The number of piperidine rings is 1. The summed E-state index contributed by atoms with van der Waals surface area (Å²) in [7, 11) is 5.45. The van der Waals surface area contributed by atoms with E-state index in [-0.39, 0.29) is 11.9 Å². The summed E-state index contributed by atoms with van der Waals surface area (Å²) in [5.74, 6) is 1.50. The number of halogens is 1. The summed E-state index contributed by atoms with van der Waals surface area (Å²) < 4.78 is 24.4. The van der Waals surface area contributed by atoms with Crippen LogP contribution in [-0.4, -0.2) is 51.0 Å². The van der Waals surface area contributed by atoms with Gasteiger partial charge in [-0.15, -0.1) is 0 Å². The number of fused-ring (bicyclic) bond motifs is 3. The van der Waals surface area contributed by atoms with E-state index in [2.05, 4.69) is 18.0 Å². The SMILES string of the molecule is COc1cc2c(cc1OC)C1CN(C)CCC1N=C2c1ccc(F)cc1. The number of methoxy groups -OCH3 is 2. The van der Waals surface area contributed by atoms with Gasteiger partial charge in [-0.05, 0) is 62.0 Å². The third-order valence-corrected chi connectivity index (χ3v) is 5.40. The first-order valence-corrected chi connectivity index (χ1v) is 8.89. The van der Waals surface area contributed by atoms with Crippen LogP contribution in [0.3, 0.4) is 0 Å². The number of benzene rings is 2. The number of likely N-dealkylation sites (N-methyl/N-ethyl adjacent to an activating group) is 1. The summed E-state index contributed by atoms with van der Waals surface area (Å²) in [5.41, 5.74) is 4.11. The molecule has 0 N–H and O–H groups in total. The number of nitrogens with zero attached hydrogens (tertiary/aromatic N) is 2. The van der Waals surface area contributed by atoms with E-state index in [0.29, 0.717) is 11.7 Å². The minimum Gasteiger partial charge on any atom is -0.493 e. The molecular formula is C21H23FN2O2. The van der Waals surface area contributed by atoms with Crippen molar-refractivity contribution in [2.24, 2.45) is 4.99 Å². The number of likely N-dealkylation sites (tertiary alicyclic amines) is 1. The van der Waals surface area contributed by atoms with Gasteiger partial charge in [-0.2, -0.15) is 0 Å². The number of rotatable bonds is 3. The highest BCUT2D eigenvalue weighted by atomic mass is 19.1. The van der Waals surface area contributed by atoms with Crippen molar-refractivity contribution in [3.05, 3.63) is 58.9 Å². The van der Waals surface area contributed by atoms with E-state index in [0.717, 1.165) is 42.1 Å². The van der Waals surface area contributed by atoms with Crippen molar-refractivity contribution in [2.45, 2.75) is 18.4 Å². The first-order chi connectivity index (χ1) is 12.6. The lowest BCUT2D eigenvalue weighted by atomic mass is 9.79. The van der Waals surface area contributed by atoms with Crippen LogP contribution >= 0.6 is 0 Å². The highest BCUT2D eigenvalue weighted by Gasteiger charge is 2.36. The highest BCUT2D eigenvalue weighted by Crippen LogP contribution is 2.42. The van der Waals surface area contributed by atoms with Crippen LogP contribution in [0.4, 0.5) is 4.39 Å². The third kappa shape index (κ3) is 2.86. The van der Waals surface area contributed by atoms with Crippen molar-refractivity contribution in [3.63, 3.8) is 0 Å². The fraction of sp³-hybridized carbons (Fsp3) is 0.381. The summed E-state index contributed by atoms with van der Waals surface area (Å²) in [6.07, 6.45) is 1.01. The first-order valence-electron chi connectivity index (χ1n) is 8.89. The molecular weight excluding hydrogens is 331 g/mol. The smallest absolute Gasteiger partial charge is 0.161 e. The van der Waals surface area contributed by atoms with Gasteiger partial charge in [0, 0.05) is 23.6 Å². The molecule has 1 saturated heterocycles. The van der Waals surface area contributed by atoms with Gasteiger partial charge in [0.2, 0.25) is 0 Å². The number of hydrogen-bond acceptors (Lipinski definition) is 4. The standard InChI is InChI=1S/C21H23FN2O2/c1-24-9-8-18-17(12-24)15-10-19(25-2)20(26-3)11-16(15)21(23-18)13-4-6-14(22)7-5-13/h4-7,10-11,17-18H,8-9,12H2,1-3H3.